The number of carbonyl (C=O) groups is 1. The fourth-order valence-electron chi connectivity index (χ4n) is 5.40. The number of likely N-dealkylation sites (N-methyl/N-ethyl adjacent to an activating group) is 1. The first-order valence-corrected chi connectivity index (χ1v) is 14.3. The number of aryl methyl sites for hydroxylation is 1. The molecule has 2 N–H and O–H groups in total. The largest absolute Gasteiger partial charge is 0.435 e. The molecular formula is C31H34F4N8O. The lowest BCUT2D eigenvalue weighted by Gasteiger charge is -2.35. The van der Waals surface area contributed by atoms with Gasteiger partial charge < -0.3 is 20.4 Å². The summed E-state index contributed by atoms with van der Waals surface area (Å²) in [5.74, 6) is -1.14. The van der Waals surface area contributed by atoms with Crippen molar-refractivity contribution in [2.75, 3.05) is 43.4 Å². The maximum Gasteiger partial charge on any atom is 0.435 e. The van der Waals surface area contributed by atoms with E-state index in [1.807, 2.05) is 34.6 Å². The molecule has 232 valence electrons. The molecule has 44 heavy (non-hydrogen) atoms. The first kappa shape index (κ1) is 30.8. The van der Waals surface area contributed by atoms with Gasteiger partial charge in [-0.15, -0.1) is 10.2 Å². The van der Waals surface area contributed by atoms with Crippen molar-refractivity contribution >= 4 is 22.9 Å². The van der Waals surface area contributed by atoms with E-state index in [4.69, 9.17) is 0 Å². The van der Waals surface area contributed by atoms with Crippen LogP contribution in [0.3, 0.4) is 0 Å². The molecular weight excluding hydrogens is 576 g/mol. The standard InChI is InChI=1S/C31H34F4N8O/c1-19-5-7-23(30(44)36-4)28(24(15-19)21(3)39-26-8-6-20(2)38-29(26)31(33,34)35)25(32)17-41-11-13-42(14-12-41)22-9-10-43-18-37-40-27(43)16-22/h6-10,15-18,21,39H,5,11-14H2,1-4H3,(H,36,44)/b25-17-. The molecule has 2 aliphatic rings. The maximum absolute atomic E-state index is 16.4. The molecule has 0 radical (unpaired) electrons. The van der Waals surface area contributed by atoms with Gasteiger partial charge in [0.05, 0.1) is 5.69 Å². The molecule has 4 heterocycles. The molecule has 1 amide bonds. The molecule has 3 aromatic heterocycles. The van der Waals surface area contributed by atoms with E-state index in [0.717, 1.165) is 16.9 Å². The van der Waals surface area contributed by atoms with Crippen molar-refractivity contribution in [3.63, 3.8) is 0 Å². The van der Waals surface area contributed by atoms with E-state index in [2.05, 4.69) is 30.7 Å². The van der Waals surface area contributed by atoms with Crippen molar-refractivity contribution in [2.24, 2.45) is 0 Å². The van der Waals surface area contributed by atoms with Crippen LogP contribution >= 0.6 is 0 Å². The summed E-state index contributed by atoms with van der Waals surface area (Å²) in [6, 6.07) is 5.91. The number of aromatic nitrogens is 4. The van der Waals surface area contributed by atoms with Gasteiger partial charge in [-0.25, -0.2) is 9.37 Å². The smallest absolute Gasteiger partial charge is 0.377 e. The predicted octanol–water partition coefficient (Wildman–Crippen LogP) is 5.20. The molecule has 1 atom stereocenters. The number of anilines is 2. The minimum absolute atomic E-state index is 0.0366. The summed E-state index contributed by atoms with van der Waals surface area (Å²) < 4.78 is 59.8. The SMILES string of the molecule is CNC(=O)C1=CCC(C)=CC(C(C)Nc2ccc(C)nc2C(F)(F)F)=C1/C(F)=C/N1CCN(c2ccn3cnnc3c2)CC1. The van der Waals surface area contributed by atoms with Gasteiger partial charge in [0.2, 0.25) is 0 Å². The topological polar surface area (TPSA) is 90.7 Å². The van der Waals surface area contributed by atoms with Crippen LogP contribution in [0.4, 0.5) is 28.9 Å². The molecule has 13 heteroatoms. The van der Waals surface area contributed by atoms with E-state index < -0.39 is 29.6 Å². The van der Waals surface area contributed by atoms with E-state index in [9.17, 15) is 18.0 Å². The molecule has 1 saturated heterocycles. The zero-order valence-electron chi connectivity index (χ0n) is 24.9. The van der Waals surface area contributed by atoms with Crippen molar-refractivity contribution in [3.05, 3.63) is 94.6 Å². The molecule has 1 aliphatic carbocycles. The van der Waals surface area contributed by atoms with Gasteiger partial charge in [-0.1, -0.05) is 17.7 Å². The molecule has 1 fully saturated rings. The summed E-state index contributed by atoms with van der Waals surface area (Å²) in [4.78, 5) is 20.7. The Hall–Kier alpha value is -4.68. The summed E-state index contributed by atoms with van der Waals surface area (Å²) in [6.45, 7) is 7.23. The third-order valence-corrected chi connectivity index (χ3v) is 7.70. The number of nitrogens with one attached hydrogen (secondary N) is 2. The number of alkyl halides is 3. The summed E-state index contributed by atoms with van der Waals surface area (Å²) in [5.41, 5.74) is 1.99. The lowest BCUT2D eigenvalue weighted by atomic mass is 9.93. The van der Waals surface area contributed by atoms with Crippen molar-refractivity contribution in [2.45, 2.75) is 39.4 Å². The van der Waals surface area contributed by atoms with Crippen LogP contribution in [-0.4, -0.2) is 69.7 Å². The number of nitrogens with zero attached hydrogens (tertiary/aromatic N) is 6. The minimum Gasteiger partial charge on any atom is -0.377 e. The lowest BCUT2D eigenvalue weighted by molar-refractivity contribution is -0.140. The third-order valence-electron chi connectivity index (χ3n) is 7.70. The number of hydrogen-bond donors (Lipinski definition) is 2. The second-order valence-corrected chi connectivity index (χ2v) is 10.9. The normalized spacial score (nSPS) is 17.3. The van der Waals surface area contributed by atoms with Crippen LogP contribution < -0.4 is 15.5 Å². The van der Waals surface area contributed by atoms with Gasteiger partial charge in [0.15, 0.2) is 11.3 Å². The van der Waals surface area contributed by atoms with Crippen LogP contribution in [0, 0.1) is 6.92 Å². The van der Waals surface area contributed by atoms with Gasteiger partial charge in [-0.2, -0.15) is 13.2 Å². The van der Waals surface area contributed by atoms with Gasteiger partial charge in [-0.05, 0) is 51.0 Å². The summed E-state index contributed by atoms with van der Waals surface area (Å²) >= 11 is 0. The zero-order valence-corrected chi connectivity index (χ0v) is 24.9. The van der Waals surface area contributed by atoms with Gasteiger partial charge in [0, 0.05) is 80.3 Å². The molecule has 0 aromatic carbocycles. The van der Waals surface area contributed by atoms with Gasteiger partial charge in [0.25, 0.3) is 5.91 Å². The highest BCUT2D eigenvalue weighted by molar-refractivity contribution is 5.99. The predicted molar refractivity (Wildman–Crippen MR) is 161 cm³/mol. The highest BCUT2D eigenvalue weighted by Crippen LogP contribution is 2.37. The van der Waals surface area contributed by atoms with Crippen LogP contribution in [0.5, 0.6) is 0 Å². The number of allylic oxidation sites excluding steroid dienone is 3. The van der Waals surface area contributed by atoms with Crippen LogP contribution in [-0.2, 0) is 11.0 Å². The number of rotatable bonds is 7. The van der Waals surface area contributed by atoms with Crippen molar-refractivity contribution in [1.29, 1.82) is 0 Å². The Bertz CT molecular complexity index is 1680. The highest BCUT2D eigenvalue weighted by Gasteiger charge is 2.36. The van der Waals surface area contributed by atoms with E-state index in [-0.39, 0.29) is 22.5 Å². The Labute approximate surface area is 252 Å². The van der Waals surface area contributed by atoms with E-state index >= 15 is 4.39 Å². The molecule has 1 unspecified atom stereocenters. The van der Waals surface area contributed by atoms with E-state index in [1.54, 1.807) is 25.4 Å². The number of piperazine rings is 1. The van der Waals surface area contributed by atoms with Crippen molar-refractivity contribution in [1.82, 2.24) is 29.8 Å². The number of pyridine rings is 2. The van der Waals surface area contributed by atoms with Gasteiger partial charge >= 0.3 is 6.18 Å². The van der Waals surface area contributed by atoms with Gasteiger partial charge in [0.1, 0.15) is 12.2 Å². The van der Waals surface area contributed by atoms with E-state index in [0.29, 0.717) is 38.2 Å². The highest BCUT2D eigenvalue weighted by atomic mass is 19.4. The molecule has 3 aromatic rings. The van der Waals surface area contributed by atoms with Crippen LogP contribution in [0.2, 0.25) is 0 Å². The molecule has 9 nitrogen and oxygen atoms in total. The number of halogens is 4. The zero-order chi connectivity index (χ0) is 31.6. The average Bonchev–Trinajstić information content (AvgIpc) is 3.39. The fraction of sp³-hybridized carbons (Fsp3) is 0.355. The Morgan fingerprint density at radius 1 is 1.11 bits per heavy atom. The Balaban J connectivity index is 1.46. The molecule has 0 bridgehead atoms. The minimum atomic E-state index is -4.69. The number of carbonyl (C=O) groups excluding carboxylic acids is 1. The van der Waals surface area contributed by atoms with Crippen LogP contribution in [0.1, 0.15) is 31.7 Å². The summed E-state index contributed by atoms with van der Waals surface area (Å²) in [5, 5.41) is 13.5. The molecule has 0 saturated carbocycles. The lowest BCUT2D eigenvalue weighted by Crippen LogP contribution is -2.44. The Morgan fingerprint density at radius 2 is 1.86 bits per heavy atom. The van der Waals surface area contributed by atoms with Crippen LogP contribution in [0.25, 0.3) is 5.65 Å². The van der Waals surface area contributed by atoms with Gasteiger partial charge in [-0.3, -0.25) is 9.20 Å². The Kier molecular flexibility index (Phi) is 8.75. The van der Waals surface area contributed by atoms with Crippen molar-refractivity contribution in [3.8, 4) is 0 Å². The number of fused-ring (bicyclic) bond motifs is 1. The first-order chi connectivity index (χ1) is 20.9. The maximum atomic E-state index is 16.4. The van der Waals surface area contributed by atoms with E-state index in [1.165, 1.54) is 32.3 Å². The molecule has 1 aliphatic heterocycles. The second kappa shape index (κ2) is 12.5. The van der Waals surface area contributed by atoms with Crippen LogP contribution in [0.15, 0.2) is 83.3 Å². The summed E-state index contributed by atoms with van der Waals surface area (Å²) in [7, 11) is 1.46. The third kappa shape index (κ3) is 6.61. The Morgan fingerprint density at radius 3 is 2.57 bits per heavy atom. The number of amides is 1. The molecule has 5 rings (SSSR count). The quantitative estimate of drug-likeness (QED) is 0.356. The monoisotopic (exact) mass is 610 g/mol. The number of hydrogen-bond acceptors (Lipinski definition) is 7. The summed E-state index contributed by atoms with van der Waals surface area (Å²) in [6.07, 6.45) is 3.98. The fourth-order valence-corrected chi connectivity index (χ4v) is 5.40. The molecule has 0 spiro atoms. The average molecular weight is 611 g/mol. The second-order valence-electron chi connectivity index (χ2n) is 10.9. The van der Waals surface area contributed by atoms with Crippen molar-refractivity contribution < 1.29 is 22.4 Å². The first-order valence-electron chi connectivity index (χ1n) is 14.3.